The van der Waals surface area contributed by atoms with Gasteiger partial charge in [0.1, 0.15) is 11.5 Å². The van der Waals surface area contributed by atoms with Crippen LogP contribution < -0.4 is 5.32 Å². The molecule has 0 aromatic carbocycles. The average molecular weight is 247 g/mol. The molecule has 1 amide bonds. The number of carbonyl (C=O) groups is 1. The van der Waals surface area contributed by atoms with Crippen LogP contribution in [0.1, 0.15) is 29.7 Å². The van der Waals surface area contributed by atoms with Crippen LogP contribution in [0.3, 0.4) is 0 Å². The van der Waals surface area contributed by atoms with Crippen LogP contribution in [0.25, 0.3) is 0 Å². The summed E-state index contributed by atoms with van der Waals surface area (Å²) in [5.41, 5.74) is 0.422. The Balaban J connectivity index is 1.95. The first-order valence-electron chi connectivity index (χ1n) is 5.98. The standard InChI is InChI=1S/C12H17N5O/c1-3-6-17-8-5-13-11(17)9-14-12(18)10-4-7-16(2)15-10/h4-5,7-8H,3,6,9H2,1-2H3,(H,14,18). The highest BCUT2D eigenvalue weighted by Gasteiger charge is 2.09. The number of imidazole rings is 1. The van der Waals surface area contributed by atoms with Gasteiger partial charge in [-0.3, -0.25) is 9.48 Å². The first-order valence-corrected chi connectivity index (χ1v) is 5.98. The van der Waals surface area contributed by atoms with Gasteiger partial charge in [0.15, 0.2) is 0 Å². The van der Waals surface area contributed by atoms with E-state index in [0.29, 0.717) is 12.2 Å². The molecule has 0 aliphatic heterocycles. The van der Waals surface area contributed by atoms with Crippen LogP contribution >= 0.6 is 0 Å². The number of rotatable bonds is 5. The second-order valence-electron chi connectivity index (χ2n) is 4.09. The second-order valence-corrected chi connectivity index (χ2v) is 4.09. The molecule has 1 N–H and O–H groups in total. The Labute approximate surface area is 106 Å². The van der Waals surface area contributed by atoms with E-state index in [9.17, 15) is 4.79 Å². The molecule has 2 aromatic rings. The molecular weight excluding hydrogens is 230 g/mol. The quantitative estimate of drug-likeness (QED) is 0.855. The Morgan fingerprint density at radius 1 is 1.44 bits per heavy atom. The van der Waals surface area contributed by atoms with E-state index in [1.165, 1.54) is 0 Å². The fraction of sp³-hybridized carbons (Fsp3) is 0.417. The van der Waals surface area contributed by atoms with E-state index < -0.39 is 0 Å². The number of amides is 1. The van der Waals surface area contributed by atoms with Gasteiger partial charge in [-0.2, -0.15) is 5.10 Å². The number of hydrogen-bond donors (Lipinski definition) is 1. The van der Waals surface area contributed by atoms with E-state index in [4.69, 9.17) is 0 Å². The number of hydrogen-bond acceptors (Lipinski definition) is 3. The molecule has 6 heteroatoms. The third kappa shape index (κ3) is 2.77. The number of aryl methyl sites for hydroxylation is 2. The van der Waals surface area contributed by atoms with E-state index in [0.717, 1.165) is 18.8 Å². The van der Waals surface area contributed by atoms with Crippen molar-refractivity contribution in [1.29, 1.82) is 0 Å². The molecule has 0 aliphatic rings. The van der Waals surface area contributed by atoms with Gasteiger partial charge in [0, 0.05) is 32.2 Å². The third-order valence-electron chi connectivity index (χ3n) is 2.62. The number of nitrogens with one attached hydrogen (secondary N) is 1. The smallest absolute Gasteiger partial charge is 0.272 e. The van der Waals surface area contributed by atoms with Gasteiger partial charge in [-0.05, 0) is 12.5 Å². The Kier molecular flexibility index (Phi) is 3.76. The Bertz CT molecular complexity index is 528. The zero-order valence-corrected chi connectivity index (χ0v) is 10.6. The summed E-state index contributed by atoms with van der Waals surface area (Å²) in [4.78, 5) is 16.0. The molecule has 0 saturated carbocycles. The lowest BCUT2D eigenvalue weighted by Crippen LogP contribution is -2.25. The summed E-state index contributed by atoms with van der Waals surface area (Å²) in [6, 6.07) is 1.69. The van der Waals surface area contributed by atoms with E-state index >= 15 is 0 Å². The summed E-state index contributed by atoms with van der Waals surface area (Å²) in [7, 11) is 1.78. The van der Waals surface area contributed by atoms with Crippen molar-refractivity contribution in [3.63, 3.8) is 0 Å². The molecule has 0 fully saturated rings. The molecule has 0 unspecified atom stereocenters. The topological polar surface area (TPSA) is 64.7 Å². The maximum Gasteiger partial charge on any atom is 0.272 e. The zero-order chi connectivity index (χ0) is 13.0. The molecule has 0 spiro atoms. The number of nitrogens with zero attached hydrogens (tertiary/aromatic N) is 4. The minimum atomic E-state index is -0.179. The lowest BCUT2D eigenvalue weighted by atomic mass is 10.4. The van der Waals surface area contributed by atoms with Gasteiger partial charge in [0.2, 0.25) is 0 Å². The van der Waals surface area contributed by atoms with E-state index in [1.54, 1.807) is 30.2 Å². The lowest BCUT2D eigenvalue weighted by Gasteiger charge is -2.06. The van der Waals surface area contributed by atoms with Gasteiger partial charge in [-0.25, -0.2) is 4.98 Å². The van der Waals surface area contributed by atoms with E-state index in [1.807, 2.05) is 10.8 Å². The molecule has 2 rings (SSSR count). The van der Waals surface area contributed by atoms with Gasteiger partial charge < -0.3 is 9.88 Å². The normalized spacial score (nSPS) is 10.6. The average Bonchev–Trinajstić information content (AvgIpc) is 2.96. The highest BCUT2D eigenvalue weighted by Crippen LogP contribution is 2.00. The molecular formula is C12H17N5O. The van der Waals surface area contributed by atoms with Crippen molar-refractivity contribution in [2.45, 2.75) is 26.4 Å². The predicted molar refractivity (Wildman–Crippen MR) is 66.9 cm³/mol. The predicted octanol–water partition coefficient (Wildman–Crippen LogP) is 0.957. The van der Waals surface area contributed by atoms with Crippen LogP contribution in [0.4, 0.5) is 0 Å². The number of carbonyl (C=O) groups excluding carboxylic acids is 1. The summed E-state index contributed by atoms with van der Waals surface area (Å²) in [6.07, 6.45) is 6.45. The van der Waals surface area contributed by atoms with Crippen molar-refractivity contribution in [3.8, 4) is 0 Å². The SMILES string of the molecule is CCCn1ccnc1CNC(=O)c1ccn(C)n1. The van der Waals surface area contributed by atoms with Crippen molar-refractivity contribution in [2.75, 3.05) is 0 Å². The third-order valence-corrected chi connectivity index (χ3v) is 2.62. The van der Waals surface area contributed by atoms with Gasteiger partial charge in [0.25, 0.3) is 5.91 Å². The lowest BCUT2D eigenvalue weighted by molar-refractivity contribution is 0.0943. The fourth-order valence-corrected chi connectivity index (χ4v) is 1.74. The van der Waals surface area contributed by atoms with Crippen LogP contribution in [-0.2, 0) is 20.1 Å². The van der Waals surface area contributed by atoms with Crippen LogP contribution in [0.5, 0.6) is 0 Å². The van der Waals surface area contributed by atoms with Crippen molar-refractivity contribution in [2.24, 2.45) is 7.05 Å². The summed E-state index contributed by atoms with van der Waals surface area (Å²) in [5.74, 6) is 0.683. The molecule has 0 radical (unpaired) electrons. The molecule has 6 nitrogen and oxygen atoms in total. The molecule has 0 saturated heterocycles. The first kappa shape index (κ1) is 12.3. The minimum Gasteiger partial charge on any atom is -0.343 e. The highest BCUT2D eigenvalue weighted by atomic mass is 16.1. The molecule has 0 aliphatic carbocycles. The minimum absolute atomic E-state index is 0.179. The maximum absolute atomic E-state index is 11.8. The van der Waals surface area contributed by atoms with Gasteiger partial charge >= 0.3 is 0 Å². The molecule has 0 atom stereocenters. The van der Waals surface area contributed by atoms with Crippen LogP contribution in [0, 0.1) is 0 Å². The zero-order valence-electron chi connectivity index (χ0n) is 10.6. The van der Waals surface area contributed by atoms with Crippen LogP contribution in [-0.4, -0.2) is 25.2 Å². The Morgan fingerprint density at radius 2 is 2.28 bits per heavy atom. The van der Waals surface area contributed by atoms with Crippen LogP contribution in [0.2, 0.25) is 0 Å². The maximum atomic E-state index is 11.8. The molecule has 2 aromatic heterocycles. The van der Waals surface area contributed by atoms with Crippen molar-refractivity contribution in [3.05, 3.63) is 36.2 Å². The fourth-order valence-electron chi connectivity index (χ4n) is 1.74. The number of aromatic nitrogens is 4. The first-order chi connectivity index (χ1) is 8.70. The Hall–Kier alpha value is -2.11. The summed E-state index contributed by atoms with van der Waals surface area (Å²) >= 11 is 0. The van der Waals surface area contributed by atoms with Crippen molar-refractivity contribution >= 4 is 5.91 Å². The van der Waals surface area contributed by atoms with Crippen molar-refractivity contribution < 1.29 is 4.79 Å². The van der Waals surface area contributed by atoms with Crippen molar-refractivity contribution in [1.82, 2.24) is 24.6 Å². The molecule has 0 bridgehead atoms. The van der Waals surface area contributed by atoms with E-state index in [2.05, 4.69) is 22.3 Å². The highest BCUT2D eigenvalue weighted by molar-refractivity contribution is 5.91. The summed E-state index contributed by atoms with van der Waals surface area (Å²) < 4.78 is 3.64. The molecule has 18 heavy (non-hydrogen) atoms. The summed E-state index contributed by atoms with van der Waals surface area (Å²) in [5, 5.41) is 6.86. The van der Waals surface area contributed by atoms with E-state index in [-0.39, 0.29) is 5.91 Å². The molecule has 2 heterocycles. The van der Waals surface area contributed by atoms with Gasteiger partial charge in [-0.1, -0.05) is 6.92 Å². The second kappa shape index (κ2) is 5.48. The summed E-state index contributed by atoms with van der Waals surface area (Å²) in [6.45, 7) is 3.44. The van der Waals surface area contributed by atoms with Crippen LogP contribution in [0.15, 0.2) is 24.7 Å². The van der Waals surface area contributed by atoms with Gasteiger partial charge in [0.05, 0.1) is 6.54 Å². The largest absolute Gasteiger partial charge is 0.343 e. The monoisotopic (exact) mass is 247 g/mol. The Morgan fingerprint density at radius 3 is 2.94 bits per heavy atom. The molecule has 96 valence electrons. The van der Waals surface area contributed by atoms with Gasteiger partial charge in [-0.15, -0.1) is 0 Å².